The number of carboxylic acids is 1. The second-order valence-electron chi connectivity index (χ2n) is 16.1. The van der Waals surface area contributed by atoms with Crippen LogP contribution in [-0.2, 0) is 47.5 Å². The van der Waals surface area contributed by atoms with Crippen LogP contribution in [0.3, 0.4) is 0 Å². The monoisotopic (exact) mass is 939 g/mol. The van der Waals surface area contributed by atoms with Crippen LogP contribution in [0.5, 0.6) is 0 Å². The van der Waals surface area contributed by atoms with E-state index in [0.29, 0.717) is 0 Å². The highest BCUT2D eigenvalue weighted by molar-refractivity contribution is 5.92. The maximum atomic E-state index is 13.8. The van der Waals surface area contributed by atoms with Crippen LogP contribution < -0.4 is 10.6 Å². The van der Waals surface area contributed by atoms with Gasteiger partial charge < -0.3 is 48.9 Å². The fraction of sp³-hybridized carbons (Fsp3) is 0.347. The molecule has 0 spiro atoms. The summed E-state index contributed by atoms with van der Waals surface area (Å²) in [4.78, 5) is 105. The number of ether oxygens (including phenoxy) is 7. The van der Waals surface area contributed by atoms with Gasteiger partial charge in [-0.05, 0) is 69.3 Å². The zero-order valence-electron chi connectivity index (χ0n) is 37.6. The van der Waals surface area contributed by atoms with Gasteiger partial charge in [0.2, 0.25) is 11.8 Å². The quantitative estimate of drug-likeness (QED) is 0.0587. The molecule has 0 saturated carbocycles. The standard InChI is InChI=1S/C49H53N3O16/c1-49(2,3)68-48(61)52(28-25-39(55)56)30-38(54)50-26-24-37(53)51-27-29-62-47-42(67-46(60)35-22-14-7-15-23-35)41(66-45(59)34-20-12-6-13-21-34)40(65-44(58)33-18-10-5-11-19-33)36(64-47)31-63-43(57)32-16-8-4-9-17-32/h4-23,36,40-42,47H,24-31H2,1-3H3,(H,50,54)(H,51,53)(H,55,56)/t36-,40+,41+,42-,47-/m1/s1. The lowest BCUT2D eigenvalue weighted by atomic mass is 9.97. The number of hydrogen-bond acceptors (Lipinski definition) is 15. The molecule has 0 aliphatic carbocycles. The molecule has 5 rings (SSSR count). The Labute approximate surface area is 391 Å². The normalized spacial score (nSPS) is 17.6. The summed E-state index contributed by atoms with van der Waals surface area (Å²) >= 11 is 0. The molecule has 4 aromatic rings. The number of amides is 3. The number of carbonyl (C=O) groups excluding carboxylic acids is 7. The van der Waals surface area contributed by atoms with Crippen molar-refractivity contribution in [1.82, 2.24) is 15.5 Å². The summed E-state index contributed by atoms with van der Waals surface area (Å²) in [5.74, 6) is -5.78. The summed E-state index contributed by atoms with van der Waals surface area (Å²) in [6.45, 7) is 2.86. The van der Waals surface area contributed by atoms with E-state index in [9.17, 15) is 38.4 Å². The van der Waals surface area contributed by atoms with E-state index in [2.05, 4.69) is 10.6 Å². The lowest BCUT2D eigenvalue weighted by Gasteiger charge is -2.44. The van der Waals surface area contributed by atoms with Gasteiger partial charge in [-0.1, -0.05) is 72.8 Å². The van der Waals surface area contributed by atoms with Gasteiger partial charge in [0.15, 0.2) is 24.6 Å². The first-order valence-corrected chi connectivity index (χ1v) is 21.6. The largest absolute Gasteiger partial charge is 0.481 e. The fourth-order valence-electron chi connectivity index (χ4n) is 6.45. The molecule has 68 heavy (non-hydrogen) atoms. The Kier molecular flexibility index (Phi) is 19.1. The highest BCUT2D eigenvalue weighted by Crippen LogP contribution is 2.32. The maximum Gasteiger partial charge on any atom is 0.410 e. The SMILES string of the molecule is CC(C)(C)OC(=O)N(CCC(=O)O)CC(=O)NCCC(=O)NCCO[C@@H]1O[C@H](COC(=O)c2ccccc2)[C@H](OC(=O)c2ccccc2)[C@H](OC(=O)c2ccccc2)[C@H]1OC(=O)c1ccccc1. The minimum absolute atomic E-state index is 0.0993. The van der Waals surface area contributed by atoms with E-state index in [-0.39, 0.29) is 54.9 Å². The van der Waals surface area contributed by atoms with E-state index < -0.39 is 104 Å². The van der Waals surface area contributed by atoms with Crippen molar-refractivity contribution >= 4 is 47.8 Å². The molecule has 1 saturated heterocycles. The Hall–Kier alpha value is -7.64. The molecule has 1 fully saturated rings. The van der Waals surface area contributed by atoms with Crippen molar-refractivity contribution in [3.63, 3.8) is 0 Å². The van der Waals surface area contributed by atoms with Gasteiger partial charge in [0.25, 0.3) is 0 Å². The second-order valence-corrected chi connectivity index (χ2v) is 16.1. The van der Waals surface area contributed by atoms with Gasteiger partial charge in [-0.2, -0.15) is 0 Å². The molecule has 3 N–H and O–H groups in total. The summed E-state index contributed by atoms with van der Waals surface area (Å²) in [7, 11) is 0. The van der Waals surface area contributed by atoms with E-state index in [0.717, 1.165) is 4.90 Å². The van der Waals surface area contributed by atoms with Gasteiger partial charge in [0.05, 0.1) is 35.3 Å². The van der Waals surface area contributed by atoms with Gasteiger partial charge in [0.1, 0.15) is 24.9 Å². The van der Waals surface area contributed by atoms with Gasteiger partial charge in [-0.3, -0.25) is 19.3 Å². The molecular formula is C49H53N3O16. The van der Waals surface area contributed by atoms with Crippen LogP contribution in [0, 0.1) is 0 Å². The molecule has 5 atom stereocenters. The maximum absolute atomic E-state index is 13.8. The van der Waals surface area contributed by atoms with Crippen LogP contribution in [-0.4, -0.2) is 133 Å². The molecule has 3 amide bonds. The number of carboxylic acid groups (broad SMARTS) is 1. The molecule has 19 heteroatoms. The number of aliphatic carboxylic acids is 1. The highest BCUT2D eigenvalue weighted by atomic mass is 16.7. The summed E-state index contributed by atoms with van der Waals surface area (Å²) in [5, 5.41) is 14.2. The second kappa shape index (κ2) is 25.3. The van der Waals surface area contributed by atoms with Crippen LogP contribution >= 0.6 is 0 Å². The summed E-state index contributed by atoms with van der Waals surface area (Å²) in [6, 6.07) is 31.7. The van der Waals surface area contributed by atoms with Gasteiger partial charge in [0, 0.05) is 26.1 Å². The summed E-state index contributed by atoms with van der Waals surface area (Å²) in [5.41, 5.74) is -0.380. The highest BCUT2D eigenvalue weighted by Gasteiger charge is 2.53. The molecule has 0 aromatic heterocycles. The number of nitrogens with one attached hydrogen (secondary N) is 2. The predicted molar refractivity (Wildman–Crippen MR) is 239 cm³/mol. The lowest BCUT2D eigenvalue weighted by Crippen LogP contribution is -2.63. The number of hydrogen-bond donors (Lipinski definition) is 3. The van der Waals surface area contributed by atoms with Crippen molar-refractivity contribution in [1.29, 1.82) is 0 Å². The molecular weight excluding hydrogens is 887 g/mol. The van der Waals surface area contributed by atoms with Crippen LogP contribution in [0.25, 0.3) is 0 Å². The fourth-order valence-corrected chi connectivity index (χ4v) is 6.45. The first-order valence-electron chi connectivity index (χ1n) is 21.6. The predicted octanol–water partition coefficient (Wildman–Crippen LogP) is 4.60. The first kappa shape index (κ1) is 51.3. The number of nitrogens with zero attached hydrogens (tertiary/aromatic N) is 1. The summed E-state index contributed by atoms with van der Waals surface area (Å²) < 4.78 is 41.4. The van der Waals surface area contributed by atoms with E-state index in [1.165, 1.54) is 48.5 Å². The number of esters is 4. The third kappa shape index (κ3) is 16.4. The third-order valence-corrected chi connectivity index (χ3v) is 9.70. The van der Waals surface area contributed by atoms with E-state index >= 15 is 0 Å². The number of rotatable bonds is 21. The smallest absolute Gasteiger partial charge is 0.410 e. The van der Waals surface area contributed by atoms with Crippen molar-refractivity contribution in [2.75, 3.05) is 39.4 Å². The molecule has 4 aromatic carbocycles. The van der Waals surface area contributed by atoms with Crippen LogP contribution in [0.1, 0.15) is 75.0 Å². The van der Waals surface area contributed by atoms with Gasteiger partial charge >= 0.3 is 35.9 Å². The Bertz CT molecular complexity index is 2330. The molecule has 19 nitrogen and oxygen atoms in total. The summed E-state index contributed by atoms with van der Waals surface area (Å²) in [6.07, 6.45) is -9.43. The Morgan fingerprint density at radius 1 is 0.588 bits per heavy atom. The van der Waals surface area contributed by atoms with Crippen molar-refractivity contribution < 1.29 is 76.6 Å². The van der Waals surface area contributed by atoms with Crippen LogP contribution in [0.15, 0.2) is 121 Å². The average Bonchev–Trinajstić information content (AvgIpc) is 3.32. The number of benzene rings is 4. The topological polar surface area (TPSA) is 249 Å². The van der Waals surface area contributed by atoms with Crippen molar-refractivity contribution in [3.8, 4) is 0 Å². The van der Waals surface area contributed by atoms with E-state index in [1.54, 1.807) is 93.6 Å². The first-order chi connectivity index (χ1) is 32.6. The molecule has 0 bridgehead atoms. The van der Waals surface area contributed by atoms with E-state index in [1.807, 2.05) is 0 Å². The van der Waals surface area contributed by atoms with Crippen LogP contribution in [0.4, 0.5) is 4.79 Å². The average molecular weight is 940 g/mol. The molecule has 1 aliphatic heterocycles. The minimum Gasteiger partial charge on any atom is -0.481 e. The Balaban J connectivity index is 1.34. The zero-order valence-corrected chi connectivity index (χ0v) is 37.6. The van der Waals surface area contributed by atoms with Crippen LogP contribution in [0.2, 0.25) is 0 Å². The van der Waals surface area contributed by atoms with Crippen molar-refractivity contribution in [3.05, 3.63) is 144 Å². The lowest BCUT2D eigenvalue weighted by molar-refractivity contribution is -0.297. The molecule has 1 heterocycles. The molecule has 1 aliphatic rings. The third-order valence-electron chi connectivity index (χ3n) is 9.70. The minimum atomic E-state index is -1.66. The van der Waals surface area contributed by atoms with Crippen molar-refractivity contribution in [2.24, 2.45) is 0 Å². The zero-order chi connectivity index (χ0) is 49.1. The number of carbonyl (C=O) groups is 8. The molecule has 360 valence electrons. The van der Waals surface area contributed by atoms with Gasteiger partial charge in [-0.25, -0.2) is 24.0 Å². The molecule has 0 unspecified atom stereocenters. The Morgan fingerprint density at radius 3 is 1.53 bits per heavy atom. The van der Waals surface area contributed by atoms with Crippen molar-refractivity contribution in [2.45, 2.75) is 69.9 Å². The van der Waals surface area contributed by atoms with E-state index in [4.69, 9.17) is 38.3 Å². The molecule has 0 radical (unpaired) electrons. The Morgan fingerprint density at radius 2 is 1.04 bits per heavy atom. The van der Waals surface area contributed by atoms with Gasteiger partial charge in [-0.15, -0.1) is 0 Å².